The first-order chi connectivity index (χ1) is 24.3. The predicted molar refractivity (Wildman–Crippen MR) is 210 cm³/mol. The van der Waals surface area contributed by atoms with Crippen LogP contribution in [0, 0.1) is 0 Å². The number of hydrogen-bond donors (Lipinski definition) is 0. The molecule has 0 bridgehead atoms. The lowest BCUT2D eigenvalue weighted by Gasteiger charge is -2.26. The quantitative estimate of drug-likeness (QED) is 0.186. The molecule has 0 amide bonds. The van der Waals surface area contributed by atoms with Gasteiger partial charge in [0.2, 0.25) is 0 Å². The number of thiophene rings is 1. The van der Waals surface area contributed by atoms with E-state index in [0.717, 1.165) is 50.1 Å². The first-order valence-corrected chi connectivity index (χ1v) is 17.4. The molecule has 49 heavy (non-hydrogen) atoms. The van der Waals surface area contributed by atoms with Crippen LogP contribution in [0.1, 0.15) is 0 Å². The van der Waals surface area contributed by atoms with Gasteiger partial charge in [-0.25, -0.2) is 0 Å². The number of hydrogen-bond acceptors (Lipinski definition) is 3. The Morgan fingerprint density at radius 1 is 0.367 bits per heavy atom. The summed E-state index contributed by atoms with van der Waals surface area (Å²) in [4.78, 5) is 2.40. The summed E-state index contributed by atoms with van der Waals surface area (Å²) in [5.74, 6) is 0. The molecule has 2 nitrogen and oxygen atoms in total. The summed E-state index contributed by atoms with van der Waals surface area (Å²) in [5.41, 5.74) is 9.87. The third-order valence-electron chi connectivity index (χ3n) is 9.65. The van der Waals surface area contributed by atoms with E-state index in [1.54, 1.807) is 0 Å². The van der Waals surface area contributed by atoms with Gasteiger partial charge in [-0.1, -0.05) is 115 Å². The molecule has 0 saturated heterocycles. The van der Waals surface area contributed by atoms with Gasteiger partial charge in [-0.15, -0.1) is 11.3 Å². The van der Waals surface area contributed by atoms with Crippen molar-refractivity contribution >= 4 is 81.3 Å². The van der Waals surface area contributed by atoms with Crippen LogP contribution in [-0.4, -0.2) is 0 Å². The minimum absolute atomic E-state index is 0.906. The zero-order chi connectivity index (χ0) is 32.3. The highest BCUT2D eigenvalue weighted by Gasteiger charge is 2.19. The summed E-state index contributed by atoms with van der Waals surface area (Å²) in [7, 11) is 0. The lowest BCUT2D eigenvalue weighted by molar-refractivity contribution is 0.669. The molecule has 8 aromatic carbocycles. The van der Waals surface area contributed by atoms with E-state index in [4.69, 9.17) is 4.42 Å². The molecular formula is C46H29NOS. The number of nitrogens with zero attached hydrogens (tertiary/aromatic N) is 1. The normalized spacial score (nSPS) is 11.7. The molecule has 230 valence electrons. The summed E-state index contributed by atoms with van der Waals surface area (Å²) in [5, 5.41) is 7.24. The zero-order valence-electron chi connectivity index (χ0n) is 26.5. The van der Waals surface area contributed by atoms with Crippen LogP contribution in [0.5, 0.6) is 0 Å². The number of para-hydroxylation sites is 1. The number of anilines is 3. The van der Waals surface area contributed by atoms with Crippen molar-refractivity contribution in [2.75, 3.05) is 4.90 Å². The third-order valence-corrected chi connectivity index (χ3v) is 10.8. The van der Waals surface area contributed by atoms with Crippen molar-refractivity contribution in [1.82, 2.24) is 0 Å². The van der Waals surface area contributed by atoms with Gasteiger partial charge in [-0.3, -0.25) is 0 Å². The predicted octanol–water partition coefficient (Wildman–Crippen LogP) is 13.9. The Balaban J connectivity index is 1.23. The molecule has 0 aliphatic heterocycles. The van der Waals surface area contributed by atoms with Gasteiger partial charge < -0.3 is 9.32 Å². The molecule has 10 aromatic rings. The highest BCUT2D eigenvalue weighted by atomic mass is 32.1. The first-order valence-electron chi connectivity index (χ1n) is 16.6. The minimum Gasteiger partial charge on any atom is -0.456 e. The molecule has 3 heteroatoms. The molecule has 0 saturated carbocycles. The molecule has 0 fully saturated rings. The number of benzene rings is 8. The molecule has 0 N–H and O–H groups in total. The van der Waals surface area contributed by atoms with Crippen LogP contribution >= 0.6 is 11.3 Å². The number of furan rings is 1. The first kappa shape index (κ1) is 27.9. The van der Waals surface area contributed by atoms with E-state index in [1.807, 2.05) is 17.4 Å². The monoisotopic (exact) mass is 643 g/mol. The highest BCUT2D eigenvalue weighted by Crippen LogP contribution is 2.45. The topological polar surface area (TPSA) is 16.4 Å². The molecule has 10 rings (SSSR count). The minimum atomic E-state index is 0.906. The summed E-state index contributed by atoms with van der Waals surface area (Å²) in [6, 6.07) is 63.3. The van der Waals surface area contributed by atoms with E-state index in [-0.39, 0.29) is 0 Å². The molecule has 0 aliphatic carbocycles. The SMILES string of the molecule is c1ccc(-c2ccc(N(c3ccc4c(c3)c(-c3ccccc3)cc3oc5ccccc5c34)c3ccc4sc5ccccc5c4c3)cc2)cc1. The van der Waals surface area contributed by atoms with Crippen molar-refractivity contribution in [3.05, 3.63) is 176 Å². The van der Waals surface area contributed by atoms with E-state index >= 15 is 0 Å². The average Bonchev–Trinajstić information content (AvgIpc) is 3.74. The maximum Gasteiger partial charge on any atom is 0.136 e. The second kappa shape index (κ2) is 11.2. The van der Waals surface area contributed by atoms with Crippen LogP contribution in [0.4, 0.5) is 17.1 Å². The lowest BCUT2D eigenvalue weighted by atomic mass is 9.94. The Morgan fingerprint density at radius 3 is 1.76 bits per heavy atom. The van der Waals surface area contributed by atoms with Crippen LogP contribution in [0.2, 0.25) is 0 Å². The van der Waals surface area contributed by atoms with Gasteiger partial charge in [0.15, 0.2) is 0 Å². The highest BCUT2D eigenvalue weighted by molar-refractivity contribution is 7.25. The Bertz CT molecular complexity index is 2810. The van der Waals surface area contributed by atoms with Gasteiger partial charge in [-0.05, 0) is 93.7 Å². The largest absolute Gasteiger partial charge is 0.456 e. The van der Waals surface area contributed by atoms with Crippen LogP contribution in [0.3, 0.4) is 0 Å². The van der Waals surface area contributed by atoms with Crippen LogP contribution in [0.25, 0.3) is 75.1 Å². The van der Waals surface area contributed by atoms with Gasteiger partial charge in [-0.2, -0.15) is 0 Å². The Kier molecular flexibility index (Phi) is 6.39. The molecule has 0 spiro atoms. The average molecular weight is 644 g/mol. The molecule has 0 atom stereocenters. The van der Waals surface area contributed by atoms with Crippen molar-refractivity contribution in [3.63, 3.8) is 0 Å². The summed E-state index contributed by atoms with van der Waals surface area (Å²) in [6.07, 6.45) is 0. The van der Waals surface area contributed by atoms with E-state index in [9.17, 15) is 0 Å². The summed E-state index contributed by atoms with van der Waals surface area (Å²) >= 11 is 1.85. The van der Waals surface area contributed by atoms with Gasteiger partial charge in [0, 0.05) is 48.0 Å². The number of rotatable bonds is 5. The maximum absolute atomic E-state index is 6.45. The van der Waals surface area contributed by atoms with E-state index < -0.39 is 0 Å². The lowest BCUT2D eigenvalue weighted by Crippen LogP contribution is -2.10. The second-order valence-corrected chi connectivity index (χ2v) is 13.6. The third kappa shape index (κ3) is 4.62. The van der Waals surface area contributed by atoms with Crippen molar-refractivity contribution in [2.45, 2.75) is 0 Å². The van der Waals surface area contributed by atoms with E-state index in [2.05, 4.69) is 175 Å². The van der Waals surface area contributed by atoms with Gasteiger partial charge in [0.1, 0.15) is 11.2 Å². The summed E-state index contributed by atoms with van der Waals surface area (Å²) in [6.45, 7) is 0. The van der Waals surface area contributed by atoms with Crippen molar-refractivity contribution in [2.24, 2.45) is 0 Å². The van der Waals surface area contributed by atoms with E-state index in [1.165, 1.54) is 42.1 Å². The maximum atomic E-state index is 6.45. The van der Waals surface area contributed by atoms with Crippen LogP contribution in [0.15, 0.2) is 180 Å². The molecule has 2 heterocycles. The number of fused-ring (bicyclic) bond motifs is 8. The van der Waals surface area contributed by atoms with E-state index in [0.29, 0.717) is 0 Å². The molecule has 2 aromatic heterocycles. The fourth-order valence-electron chi connectivity index (χ4n) is 7.36. The van der Waals surface area contributed by atoms with Crippen molar-refractivity contribution in [3.8, 4) is 22.3 Å². The summed E-state index contributed by atoms with van der Waals surface area (Å²) < 4.78 is 9.05. The fourth-order valence-corrected chi connectivity index (χ4v) is 8.44. The van der Waals surface area contributed by atoms with Crippen LogP contribution < -0.4 is 4.90 Å². The molecule has 0 radical (unpaired) electrons. The van der Waals surface area contributed by atoms with Crippen LogP contribution in [-0.2, 0) is 0 Å². The van der Waals surface area contributed by atoms with Crippen molar-refractivity contribution in [1.29, 1.82) is 0 Å². The smallest absolute Gasteiger partial charge is 0.136 e. The van der Waals surface area contributed by atoms with Crippen molar-refractivity contribution < 1.29 is 4.42 Å². The Morgan fingerprint density at radius 2 is 0.959 bits per heavy atom. The molecule has 0 unspecified atom stereocenters. The van der Waals surface area contributed by atoms with Gasteiger partial charge in [0.25, 0.3) is 0 Å². The molecule has 0 aliphatic rings. The standard InChI is InChI=1S/C46H29NOS/c1-3-11-30(12-4-1)31-19-21-33(22-20-31)47(35-24-26-45-41(28-35)36-15-8-10-18-44(36)49-45)34-23-25-37-40(27-34)39(32-13-5-2-6-14-32)29-43-46(37)38-16-7-9-17-42(38)48-43/h1-29H. The second-order valence-electron chi connectivity index (χ2n) is 12.5. The zero-order valence-corrected chi connectivity index (χ0v) is 27.3. The fraction of sp³-hybridized carbons (Fsp3) is 0. The Hall–Kier alpha value is -6.16. The van der Waals surface area contributed by atoms with Gasteiger partial charge in [0.05, 0.1) is 0 Å². The Labute approximate surface area is 287 Å². The molecular weight excluding hydrogens is 615 g/mol. The van der Waals surface area contributed by atoms with Gasteiger partial charge >= 0.3 is 0 Å².